The maximum absolute atomic E-state index is 11.3. The number of imidazole rings is 1. The van der Waals surface area contributed by atoms with Gasteiger partial charge in [-0.1, -0.05) is 18.1 Å². The molecule has 1 aromatic carbocycles. The molecule has 1 N–H and O–H groups in total. The van der Waals surface area contributed by atoms with Crippen molar-refractivity contribution in [3.8, 4) is 12.3 Å². The summed E-state index contributed by atoms with van der Waals surface area (Å²) in [6.07, 6.45) is 6.04. The van der Waals surface area contributed by atoms with Crippen LogP contribution in [-0.2, 0) is 22.5 Å². The number of carbonyl (C=O) groups is 1. The van der Waals surface area contributed by atoms with Gasteiger partial charge in [-0.15, -0.1) is 6.42 Å². The Kier molecular flexibility index (Phi) is 4.75. The zero-order chi connectivity index (χ0) is 14.4. The zero-order valence-corrected chi connectivity index (χ0v) is 11.4. The topological polar surface area (TPSA) is 56.2 Å². The third-order valence-electron chi connectivity index (χ3n) is 2.93. The number of hydrogen-bond acceptors (Lipinski definition) is 3. The van der Waals surface area contributed by atoms with E-state index in [0.29, 0.717) is 19.5 Å². The van der Waals surface area contributed by atoms with Gasteiger partial charge in [0.1, 0.15) is 12.4 Å². The van der Waals surface area contributed by atoms with Gasteiger partial charge in [-0.3, -0.25) is 4.79 Å². The second kappa shape index (κ2) is 6.73. The summed E-state index contributed by atoms with van der Waals surface area (Å²) in [4.78, 5) is 15.9. The highest BCUT2D eigenvalue weighted by atomic mass is 16.5. The lowest BCUT2D eigenvalue weighted by molar-refractivity contribution is -0.124. The lowest BCUT2D eigenvalue weighted by Crippen LogP contribution is -2.29. The van der Waals surface area contributed by atoms with E-state index in [2.05, 4.69) is 16.2 Å². The van der Waals surface area contributed by atoms with E-state index in [0.717, 1.165) is 16.9 Å². The summed E-state index contributed by atoms with van der Waals surface area (Å²) in [5, 5.41) is 2.78. The molecule has 5 heteroatoms. The highest BCUT2D eigenvalue weighted by molar-refractivity contribution is 5.77. The summed E-state index contributed by atoms with van der Waals surface area (Å²) < 4.78 is 6.76. The van der Waals surface area contributed by atoms with E-state index in [9.17, 15) is 4.79 Å². The molecule has 2 rings (SSSR count). The average molecular weight is 271 g/mol. The standard InChI is InChI=1S/C15H17N3O2/c1-3-10-18-13-7-5-4-6-12(13)17-14(18)8-9-16-15(19)11-20-2/h1,4-7H,8-11H2,2H3,(H,16,19). The number of fused-ring (bicyclic) bond motifs is 1. The van der Waals surface area contributed by atoms with Crippen LogP contribution in [0.4, 0.5) is 0 Å². The van der Waals surface area contributed by atoms with Crippen molar-refractivity contribution in [1.29, 1.82) is 0 Å². The summed E-state index contributed by atoms with van der Waals surface area (Å²) in [7, 11) is 1.49. The Hall–Kier alpha value is -2.32. The molecule has 104 valence electrons. The average Bonchev–Trinajstić information content (AvgIpc) is 2.78. The van der Waals surface area contributed by atoms with Gasteiger partial charge in [0.05, 0.1) is 17.6 Å². The highest BCUT2D eigenvalue weighted by Gasteiger charge is 2.09. The number of para-hydroxylation sites is 2. The van der Waals surface area contributed by atoms with Crippen molar-refractivity contribution in [2.45, 2.75) is 13.0 Å². The Morgan fingerprint density at radius 1 is 1.50 bits per heavy atom. The lowest BCUT2D eigenvalue weighted by Gasteiger charge is -2.06. The molecule has 0 aliphatic carbocycles. The van der Waals surface area contributed by atoms with Crippen LogP contribution >= 0.6 is 0 Å². The molecule has 0 atom stereocenters. The molecular formula is C15H17N3O2. The number of ether oxygens (including phenoxy) is 1. The van der Waals surface area contributed by atoms with Gasteiger partial charge in [0.2, 0.25) is 5.91 Å². The first-order valence-electron chi connectivity index (χ1n) is 6.39. The van der Waals surface area contributed by atoms with Crippen molar-refractivity contribution in [2.24, 2.45) is 0 Å². The molecular weight excluding hydrogens is 254 g/mol. The molecule has 0 saturated heterocycles. The second-order valence-electron chi connectivity index (χ2n) is 4.34. The number of rotatable bonds is 6. The summed E-state index contributed by atoms with van der Waals surface area (Å²) in [6, 6.07) is 7.85. The van der Waals surface area contributed by atoms with Gasteiger partial charge in [0, 0.05) is 20.1 Å². The number of hydrogen-bond donors (Lipinski definition) is 1. The van der Waals surface area contributed by atoms with Crippen LogP contribution in [0.1, 0.15) is 5.82 Å². The summed E-state index contributed by atoms with van der Waals surface area (Å²) in [5.41, 5.74) is 1.93. The van der Waals surface area contributed by atoms with Crippen molar-refractivity contribution in [3.05, 3.63) is 30.1 Å². The molecule has 0 bridgehead atoms. The summed E-state index contributed by atoms with van der Waals surface area (Å²) in [5.74, 6) is 3.38. The molecule has 5 nitrogen and oxygen atoms in total. The van der Waals surface area contributed by atoms with E-state index in [4.69, 9.17) is 11.2 Å². The molecule has 0 aliphatic heterocycles. The fraction of sp³-hybridized carbons (Fsp3) is 0.333. The molecule has 0 saturated carbocycles. The number of nitrogens with one attached hydrogen (secondary N) is 1. The zero-order valence-electron chi connectivity index (χ0n) is 11.4. The number of terminal acetylenes is 1. The predicted molar refractivity (Wildman–Crippen MR) is 77.2 cm³/mol. The van der Waals surface area contributed by atoms with Gasteiger partial charge in [-0.2, -0.15) is 0 Å². The van der Waals surface area contributed by atoms with Gasteiger partial charge >= 0.3 is 0 Å². The fourth-order valence-electron chi connectivity index (χ4n) is 2.08. The van der Waals surface area contributed by atoms with Crippen molar-refractivity contribution in [2.75, 3.05) is 20.3 Å². The number of carbonyl (C=O) groups excluding carboxylic acids is 1. The third kappa shape index (κ3) is 3.16. The quantitative estimate of drug-likeness (QED) is 0.797. The van der Waals surface area contributed by atoms with Crippen molar-refractivity contribution in [1.82, 2.24) is 14.9 Å². The first kappa shape index (κ1) is 14.1. The van der Waals surface area contributed by atoms with Crippen LogP contribution < -0.4 is 5.32 Å². The van der Waals surface area contributed by atoms with Crippen LogP contribution in [0, 0.1) is 12.3 Å². The molecule has 1 amide bonds. The second-order valence-corrected chi connectivity index (χ2v) is 4.34. The third-order valence-corrected chi connectivity index (χ3v) is 2.93. The number of methoxy groups -OCH3 is 1. The molecule has 1 heterocycles. The van der Waals surface area contributed by atoms with Crippen LogP contribution in [-0.4, -0.2) is 35.7 Å². The van der Waals surface area contributed by atoms with Gasteiger partial charge in [0.15, 0.2) is 0 Å². The minimum Gasteiger partial charge on any atom is -0.375 e. The van der Waals surface area contributed by atoms with Crippen molar-refractivity contribution in [3.63, 3.8) is 0 Å². The number of nitrogens with zero attached hydrogens (tertiary/aromatic N) is 2. The van der Waals surface area contributed by atoms with E-state index >= 15 is 0 Å². The highest BCUT2D eigenvalue weighted by Crippen LogP contribution is 2.15. The summed E-state index contributed by atoms with van der Waals surface area (Å²) in [6.45, 7) is 1.05. The minimum absolute atomic E-state index is 0.0702. The van der Waals surface area contributed by atoms with Crippen molar-refractivity contribution >= 4 is 16.9 Å². The van der Waals surface area contributed by atoms with Gasteiger partial charge in [-0.05, 0) is 12.1 Å². The van der Waals surface area contributed by atoms with E-state index < -0.39 is 0 Å². The van der Waals surface area contributed by atoms with Crippen LogP contribution in [0.2, 0.25) is 0 Å². The monoisotopic (exact) mass is 271 g/mol. The molecule has 20 heavy (non-hydrogen) atoms. The Morgan fingerprint density at radius 3 is 3.05 bits per heavy atom. The van der Waals surface area contributed by atoms with Gasteiger partial charge in [0.25, 0.3) is 0 Å². The van der Waals surface area contributed by atoms with Crippen LogP contribution in [0.25, 0.3) is 11.0 Å². The minimum atomic E-state index is -0.132. The molecule has 1 aromatic heterocycles. The van der Waals surface area contributed by atoms with Gasteiger partial charge < -0.3 is 14.6 Å². The Balaban J connectivity index is 2.11. The molecule has 0 unspecified atom stereocenters. The molecule has 0 fully saturated rings. The Bertz CT molecular complexity index is 640. The number of aromatic nitrogens is 2. The van der Waals surface area contributed by atoms with E-state index in [1.165, 1.54) is 7.11 Å². The van der Waals surface area contributed by atoms with E-state index in [1.807, 2.05) is 28.8 Å². The SMILES string of the molecule is C#CCn1c(CCNC(=O)COC)nc2ccccc21. The lowest BCUT2D eigenvalue weighted by atomic mass is 10.3. The largest absolute Gasteiger partial charge is 0.375 e. The molecule has 0 aliphatic rings. The van der Waals surface area contributed by atoms with Crippen molar-refractivity contribution < 1.29 is 9.53 Å². The molecule has 0 radical (unpaired) electrons. The van der Waals surface area contributed by atoms with Crippen LogP contribution in [0.5, 0.6) is 0 Å². The maximum atomic E-state index is 11.3. The van der Waals surface area contributed by atoms with E-state index in [-0.39, 0.29) is 12.5 Å². The normalized spacial score (nSPS) is 10.4. The number of benzene rings is 1. The first-order chi connectivity index (χ1) is 9.76. The Labute approximate surface area is 117 Å². The molecule has 2 aromatic rings. The van der Waals surface area contributed by atoms with Gasteiger partial charge in [-0.25, -0.2) is 4.98 Å². The van der Waals surface area contributed by atoms with Crippen LogP contribution in [0.3, 0.4) is 0 Å². The summed E-state index contributed by atoms with van der Waals surface area (Å²) >= 11 is 0. The van der Waals surface area contributed by atoms with E-state index in [1.54, 1.807) is 0 Å². The van der Waals surface area contributed by atoms with Crippen LogP contribution in [0.15, 0.2) is 24.3 Å². The maximum Gasteiger partial charge on any atom is 0.245 e. The molecule has 0 spiro atoms. The number of amides is 1. The fourth-order valence-corrected chi connectivity index (χ4v) is 2.08. The predicted octanol–water partition coefficient (Wildman–Crippen LogP) is 0.975. The first-order valence-corrected chi connectivity index (χ1v) is 6.39. The Morgan fingerprint density at radius 2 is 2.30 bits per heavy atom. The smallest absolute Gasteiger partial charge is 0.245 e.